The number of benzene rings is 3. The Hall–Kier alpha value is -3.51. The lowest BCUT2D eigenvalue weighted by molar-refractivity contribution is -0.135. The molecule has 0 spiro atoms. The number of phenolic OH excluding ortho intramolecular Hbond substituents is 1. The molecule has 0 saturated heterocycles. The summed E-state index contributed by atoms with van der Waals surface area (Å²) in [5.41, 5.74) is 1.48. The van der Waals surface area contributed by atoms with E-state index in [9.17, 15) is 14.7 Å². The zero-order chi connectivity index (χ0) is 22.1. The second-order valence-electron chi connectivity index (χ2n) is 7.02. The van der Waals surface area contributed by atoms with Crippen LogP contribution in [0.5, 0.6) is 23.0 Å². The quantitative estimate of drug-likeness (QED) is 0.352. The summed E-state index contributed by atoms with van der Waals surface area (Å²) in [6.07, 6.45) is -0.0251. The number of carbonyl (C=O) groups is 2. The molecule has 158 valence electrons. The van der Waals surface area contributed by atoms with Crippen molar-refractivity contribution in [2.75, 3.05) is 14.2 Å². The smallest absolute Gasteiger partial charge is 0.312 e. The van der Waals surface area contributed by atoms with E-state index in [4.69, 9.17) is 25.8 Å². The third kappa shape index (κ3) is 3.70. The van der Waals surface area contributed by atoms with E-state index in [0.29, 0.717) is 33.2 Å². The number of halogens is 1. The van der Waals surface area contributed by atoms with Gasteiger partial charge in [0.1, 0.15) is 11.5 Å². The molecule has 3 aromatic carbocycles. The zero-order valence-electron chi connectivity index (χ0n) is 16.8. The molecule has 7 heteroatoms. The Labute approximate surface area is 183 Å². The molecule has 6 nitrogen and oxygen atoms in total. The number of hydrogen-bond donors (Lipinski definition) is 1. The molecule has 1 aliphatic heterocycles. The number of carbonyl (C=O) groups excluding carboxylic acids is 2. The summed E-state index contributed by atoms with van der Waals surface area (Å²) < 4.78 is 16.3. The first-order valence-electron chi connectivity index (χ1n) is 9.52. The summed E-state index contributed by atoms with van der Waals surface area (Å²) in [5, 5.41) is 11.6. The minimum Gasteiger partial charge on any atom is -0.507 e. The van der Waals surface area contributed by atoms with Crippen molar-refractivity contribution in [1.29, 1.82) is 0 Å². The number of ketones is 1. The fourth-order valence-electron chi connectivity index (χ4n) is 3.84. The van der Waals surface area contributed by atoms with Crippen LogP contribution >= 0.6 is 11.6 Å². The maximum atomic E-state index is 13.0. The highest BCUT2D eigenvalue weighted by Gasteiger charge is 2.35. The maximum Gasteiger partial charge on any atom is 0.312 e. The van der Waals surface area contributed by atoms with E-state index in [2.05, 4.69) is 0 Å². The van der Waals surface area contributed by atoms with E-state index in [1.165, 1.54) is 26.4 Å². The molecule has 1 N–H and O–H groups in total. The van der Waals surface area contributed by atoms with Crippen LogP contribution in [0, 0.1) is 0 Å². The molecule has 0 aliphatic carbocycles. The third-order valence-corrected chi connectivity index (χ3v) is 5.53. The first-order valence-corrected chi connectivity index (χ1v) is 9.90. The van der Waals surface area contributed by atoms with Gasteiger partial charge in [0.25, 0.3) is 0 Å². The molecule has 0 amide bonds. The van der Waals surface area contributed by atoms with Crippen LogP contribution in [0.2, 0.25) is 5.02 Å². The number of ether oxygens (including phenoxy) is 3. The summed E-state index contributed by atoms with van der Waals surface area (Å²) >= 11 is 5.91. The molecule has 0 fully saturated rings. The number of methoxy groups -OCH3 is 2. The molecule has 0 unspecified atom stereocenters. The molecule has 0 radical (unpaired) electrons. The molecule has 0 aromatic heterocycles. The Balaban J connectivity index is 1.87. The van der Waals surface area contributed by atoms with Gasteiger partial charge in [-0.05, 0) is 42.5 Å². The van der Waals surface area contributed by atoms with Crippen LogP contribution in [-0.4, -0.2) is 31.1 Å². The summed E-state index contributed by atoms with van der Waals surface area (Å²) in [6.45, 7) is 0. The van der Waals surface area contributed by atoms with E-state index in [1.54, 1.807) is 42.5 Å². The Morgan fingerprint density at radius 3 is 2.48 bits per heavy atom. The molecule has 0 saturated carbocycles. The van der Waals surface area contributed by atoms with Gasteiger partial charge in [0.2, 0.25) is 0 Å². The van der Waals surface area contributed by atoms with Gasteiger partial charge in [-0.15, -0.1) is 0 Å². The molecule has 4 rings (SSSR count). The standard InChI is InChI=1S/C24H19ClO6/c1-29-19-5-3-4-15(24(19)30-2)17-12-20(26)31-18-11-10-16(23(28)21(17)18)22(27)13-6-8-14(25)9-7-13/h3-11,17,28H,12H2,1-2H3/t17-/m1/s1. The molecule has 31 heavy (non-hydrogen) atoms. The lowest BCUT2D eigenvalue weighted by atomic mass is 9.83. The number of para-hydroxylation sites is 1. The topological polar surface area (TPSA) is 82.1 Å². The first-order chi connectivity index (χ1) is 14.9. The summed E-state index contributed by atoms with van der Waals surface area (Å²) in [7, 11) is 3.02. The second kappa shape index (κ2) is 8.32. The number of phenols is 1. The van der Waals surface area contributed by atoms with Crippen molar-refractivity contribution in [3.8, 4) is 23.0 Å². The molecular formula is C24H19ClO6. The van der Waals surface area contributed by atoms with Crippen molar-refractivity contribution in [1.82, 2.24) is 0 Å². The van der Waals surface area contributed by atoms with Gasteiger partial charge in [0.05, 0.1) is 26.2 Å². The van der Waals surface area contributed by atoms with Crippen molar-refractivity contribution in [3.05, 3.63) is 81.9 Å². The molecule has 0 bridgehead atoms. The number of hydrogen-bond acceptors (Lipinski definition) is 6. The minimum absolute atomic E-state index is 0.0251. The third-order valence-electron chi connectivity index (χ3n) is 5.28. The van der Waals surface area contributed by atoms with Gasteiger partial charge >= 0.3 is 5.97 Å². The van der Waals surface area contributed by atoms with Crippen molar-refractivity contribution in [2.45, 2.75) is 12.3 Å². The SMILES string of the molecule is COc1cccc([C@H]2CC(=O)Oc3ccc(C(=O)c4ccc(Cl)cc4)c(O)c32)c1OC. The lowest BCUT2D eigenvalue weighted by Gasteiger charge is -2.28. The normalized spacial score (nSPS) is 15.1. The van der Waals surface area contributed by atoms with Crippen LogP contribution in [0.4, 0.5) is 0 Å². The van der Waals surface area contributed by atoms with Gasteiger partial charge in [-0.1, -0.05) is 23.7 Å². The van der Waals surface area contributed by atoms with Gasteiger partial charge in [0, 0.05) is 27.6 Å². The predicted octanol–water partition coefficient (Wildman–Crippen LogP) is 4.73. The minimum atomic E-state index is -0.584. The molecule has 1 heterocycles. The summed E-state index contributed by atoms with van der Waals surface area (Å²) in [5.74, 6) is -0.489. The monoisotopic (exact) mass is 438 g/mol. The van der Waals surface area contributed by atoms with Crippen molar-refractivity contribution in [3.63, 3.8) is 0 Å². The second-order valence-corrected chi connectivity index (χ2v) is 7.46. The largest absolute Gasteiger partial charge is 0.507 e. The zero-order valence-corrected chi connectivity index (χ0v) is 17.6. The number of esters is 1. The van der Waals surface area contributed by atoms with E-state index in [1.807, 2.05) is 0 Å². The van der Waals surface area contributed by atoms with Crippen molar-refractivity contribution >= 4 is 23.4 Å². The van der Waals surface area contributed by atoms with Gasteiger partial charge in [0.15, 0.2) is 17.3 Å². The average molecular weight is 439 g/mol. The van der Waals surface area contributed by atoms with Gasteiger partial charge in [-0.25, -0.2) is 0 Å². The number of aromatic hydroxyl groups is 1. The Morgan fingerprint density at radius 1 is 1.06 bits per heavy atom. The van der Waals surface area contributed by atoms with Gasteiger partial charge < -0.3 is 19.3 Å². The van der Waals surface area contributed by atoms with E-state index in [0.717, 1.165) is 0 Å². The maximum absolute atomic E-state index is 13.0. The van der Waals surface area contributed by atoms with E-state index < -0.39 is 11.9 Å². The first kappa shape index (κ1) is 20.8. The van der Waals surface area contributed by atoms with Crippen molar-refractivity contribution in [2.24, 2.45) is 0 Å². The van der Waals surface area contributed by atoms with Gasteiger partial charge in [-0.3, -0.25) is 9.59 Å². The van der Waals surface area contributed by atoms with E-state index in [-0.39, 0.29) is 29.3 Å². The Morgan fingerprint density at radius 2 is 1.81 bits per heavy atom. The van der Waals surface area contributed by atoms with Crippen LogP contribution in [0.15, 0.2) is 54.6 Å². The summed E-state index contributed by atoms with van der Waals surface area (Å²) in [6, 6.07) is 14.7. The molecular weight excluding hydrogens is 420 g/mol. The Kier molecular flexibility index (Phi) is 5.57. The number of rotatable bonds is 5. The fourth-order valence-corrected chi connectivity index (χ4v) is 3.97. The fraction of sp³-hybridized carbons (Fsp3) is 0.167. The van der Waals surface area contributed by atoms with Crippen LogP contribution in [0.25, 0.3) is 0 Å². The predicted molar refractivity (Wildman–Crippen MR) is 115 cm³/mol. The highest BCUT2D eigenvalue weighted by molar-refractivity contribution is 6.30. The molecule has 3 aromatic rings. The highest BCUT2D eigenvalue weighted by Crippen LogP contribution is 2.49. The molecule has 1 atom stereocenters. The van der Waals surface area contributed by atoms with Crippen molar-refractivity contribution < 1.29 is 28.9 Å². The van der Waals surface area contributed by atoms with Crippen LogP contribution < -0.4 is 14.2 Å². The van der Waals surface area contributed by atoms with Crippen LogP contribution in [0.1, 0.15) is 39.4 Å². The van der Waals surface area contributed by atoms with E-state index >= 15 is 0 Å². The number of fused-ring (bicyclic) bond motifs is 1. The Bertz CT molecular complexity index is 1170. The van der Waals surface area contributed by atoms with Gasteiger partial charge in [-0.2, -0.15) is 0 Å². The lowest BCUT2D eigenvalue weighted by Crippen LogP contribution is -2.22. The van der Waals surface area contributed by atoms with Crippen LogP contribution in [0.3, 0.4) is 0 Å². The van der Waals surface area contributed by atoms with Crippen LogP contribution in [-0.2, 0) is 4.79 Å². The molecule has 1 aliphatic rings. The average Bonchev–Trinajstić information content (AvgIpc) is 2.78. The highest BCUT2D eigenvalue weighted by atomic mass is 35.5. The summed E-state index contributed by atoms with van der Waals surface area (Å²) in [4.78, 5) is 25.3.